The van der Waals surface area contributed by atoms with Gasteiger partial charge in [-0.3, -0.25) is 4.68 Å². The molecule has 0 aliphatic heterocycles. The van der Waals surface area contributed by atoms with Gasteiger partial charge in [0.1, 0.15) is 0 Å². The first-order valence-corrected chi connectivity index (χ1v) is 6.32. The number of aryl methyl sites for hydroxylation is 1. The van der Waals surface area contributed by atoms with E-state index in [2.05, 4.69) is 17.3 Å². The van der Waals surface area contributed by atoms with Crippen LogP contribution in [0.4, 0.5) is 10.5 Å². The summed E-state index contributed by atoms with van der Waals surface area (Å²) in [6.07, 6.45) is 5.97. The number of amides is 2. The zero-order valence-electron chi connectivity index (χ0n) is 11.1. The zero-order valence-corrected chi connectivity index (χ0v) is 11.1. The largest absolute Gasteiger partial charge is 0.396 e. The minimum Gasteiger partial charge on any atom is -0.396 e. The van der Waals surface area contributed by atoms with Crippen molar-refractivity contribution in [3.63, 3.8) is 0 Å². The third-order valence-electron chi connectivity index (χ3n) is 2.61. The second kappa shape index (κ2) is 7.71. The van der Waals surface area contributed by atoms with Crippen LogP contribution >= 0.6 is 0 Å². The van der Waals surface area contributed by atoms with Crippen molar-refractivity contribution in [3.8, 4) is 0 Å². The van der Waals surface area contributed by atoms with Gasteiger partial charge >= 0.3 is 6.03 Å². The summed E-state index contributed by atoms with van der Waals surface area (Å²) in [4.78, 5) is 13.8. The average Bonchev–Trinajstić information content (AvgIpc) is 2.75. The summed E-state index contributed by atoms with van der Waals surface area (Å²) >= 11 is 0. The van der Waals surface area contributed by atoms with Gasteiger partial charge in [0.25, 0.3) is 0 Å². The van der Waals surface area contributed by atoms with Gasteiger partial charge in [0.2, 0.25) is 0 Å². The van der Waals surface area contributed by atoms with Gasteiger partial charge in [0.15, 0.2) is 0 Å². The van der Waals surface area contributed by atoms with Gasteiger partial charge in [-0.25, -0.2) is 4.79 Å². The number of carbonyl (C=O) groups excluding carboxylic acids is 1. The van der Waals surface area contributed by atoms with E-state index in [0.29, 0.717) is 25.2 Å². The Hall–Kier alpha value is -1.56. The van der Waals surface area contributed by atoms with E-state index in [-0.39, 0.29) is 12.6 Å². The molecule has 2 N–H and O–H groups in total. The first-order chi connectivity index (χ1) is 8.67. The minimum atomic E-state index is -0.134. The zero-order chi connectivity index (χ0) is 13.4. The number of anilines is 1. The van der Waals surface area contributed by atoms with Crippen LogP contribution in [0.2, 0.25) is 0 Å². The predicted octanol–water partition coefficient (Wildman–Crippen LogP) is 1.44. The molecule has 0 atom stereocenters. The monoisotopic (exact) mass is 254 g/mol. The number of rotatable bonds is 7. The predicted molar refractivity (Wildman–Crippen MR) is 70.4 cm³/mol. The molecule has 1 aromatic rings. The van der Waals surface area contributed by atoms with E-state index in [1.165, 1.54) is 0 Å². The lowest BCUT2D eigenvalue weighted by Gasteiger charge is -2.22. The van der Waals surface area contributed by atoms with E-state index in [4.69, 9.17) is 5.11 Å². The molecule has 1 heterocycles. The minimum absolute atomic E-state index is 0.1000. The van der Waals surface area contributed by atoms with E-state index in [0.717, 1.165) is 12.8 Å². The van der Waals surface area contributed by atoms with Crippen LogP contribution in [0.15, 0.2) is 12.4 Å². The van der Waals surface area contributed by atoms with E-state index < -0.39 is 0 Å². The first-order valence-electron chi connectivity index (χ1n) is 6.32. The number of hydrogen-bond donors (Lipinski definition) is 2. The smallest absolute Gasteiger partial charge is 0.321 e. The number of unbranched alkanes of at least 4 members (excludes halogenated alkanes) is 1. The van der Waals surface area contributed by atoms with Crippen molar-refractivity contribution in [2.45, 2.75) is 26.2 Å². The highest BCUT2D eigenvalue weighted by molar-refractivity contribution is 5.88. The molecule has 0 bridgehead atoms. The molecule has 0 aliphatic rings. The molecule has 0 unspecified atom stereocenters. The van der Waals surface area contributed by atoms with Gasteiger partial charge in [-0.1, -0.05) is 13.3 Å². The lowest BCUT2D eigenvalue weighted by atomic mass is 10.3. The fourth-order valence-electron chi connectivity index (χ4n) is 1.61. The van der Waals surface area contributed by atoms with Crippen LogP contribution in [0.3, 0.4) is 0 Å². The Morgan fingerprint density at radius 3 is 2.78 bits per heavy atom. The van der Waals surface area contributed by atoms with Gasteiger partial charge in [0.05, 0.1) is 11.9 Å². The quantitative estimate of drug-likeness (QED) is 0.773. The van der Waals surface area contributed by atoms with Crippen LogP contribution in [0.25, 0.3) is 0 Å². The number of aliphatic hydroxyl groups excluding tert-OH is 1. The van der Waals surface area contributed by atoms with Crippen LogP contribution in [-0.2, 0) is 7.05 Å². The third kappa shape index (κ3) is 4.75. The molecule has 2 amide bonds. The molecule has 0 aromatic carbocycles. The molecule has 1 aromatic heterocycles. The highest BCUT2D eigenvalue weighted by atomic mass is 16.3. The number of aromatic nitrogens is 2. The van der Waals surface area contributed by atoms with Gasteiger partial charge in [-0.05, 0) is 12.8 Å². The molecule has 0 spiro atoms. The summed E-state index contributed by atoms with van der Waals surface area (Å²) in [6, 6.07) is -0.134. The Labute approximate surface area is 108 Å². The number of nitrogens with zero attached hydrogens (tertiary/aromatic N) is 3. The molecule has 6 nitrogen and oxygen atoms in total. The Morgan fingerprint density at radius 1 is 1.50 bits per heavy atom. The molecule has 0 aliphatic carbocycles. The van der Waals surface area contributed by atoms with Crippen molar-refractivity contribution in [2.24, 2.45) is 7.05 Å². The van der Waals surface area contributed by atoms with Crippen LogP contribution in [-0.4, -0.2) is 45.5 Å². The fraction of sp³-hybridized carbons (Fsp3) is 0.667. The van der Waals surface area contributed by atoms with Crippen molar-refractivity contribution < 1.29 is 9.90 Å². The van der Waals surface area contributed by atoms with Gasteiger partial charge < -0.3 is 15.3 Å². The van der Waals surface area contributed by atoms with Crippen molar-refractivity contribution in [1.29, 1.82) is 0 Å². The number of urea groups is 1. The lowest BCUT2D eigenvalue weighted by Crippen LogP contribution is -2.36. The summed E-state index contributed by atoms with van der Waals surface area (Å²) in [5.74, 6) is 0. The maximum atomic E-state index is 12.0. The summed E-state index contributed by atoms with van der Waals surface area (Å²) in [7, 11) is 1.80. The van der Waals surface area contributed by atoms with Crippen LogP contribution in [0, 0.1) is 0 Å². The standard InChI is InChI=1S/C12H22N4O2/c1-3-4-6-16(7-5-8-17)12(18)14-11-9-13-15(2)10-11/h9-10,17H,3-8H2,1-2H3,(H,14,18). The molecule has 6 heteroatoms. The second-order valence-electron chi connectivity index (χ2n) is 4.25. The number of carbonyl (C=O) groups is 1. The normalized spacial score (nSPS) is 10.4. The fourth-order valence-corrected chi connectivity index (χ4v) is 1.61. The van der Waals surface area contributed by atoms with Crippen molar-refractivity contribution in [1.82, 2.24) is 14.7 Å². The Bertz CT molecular complexity index is 357. The molecule has 0 fully saturated rings. The molecule has 18 heavy (non-hydrogen) atoms. The summed E-state index contributed by atoms with van der Waals surface area (Å²) in [5.41, 5.74) is 0.688. The Balaban J connectivity index is 2.51. The van der Waals surface area contributed by atoms with Crippen molar-refractivity contribution >= 4 is 11.7 Å². The van der Waals surface area contributed by atoms with Crippen LogP contribution in [0.5, 0.6) is 0 Å². The van der Waals surface area contributed by atoms with Gasteiger partial charge in [-0.2, -0.15) is 5.10 Å². The second-order valence-corrected chi connectivity index (χ2v) is 4.25. The highest BCUT2D eigenvalue weighted by Crippen LogP contribution is 2.06. The molecule has 1 rings (SSSR count). The molecule has 102 valence electrons. The summed E-state index contributed by atoms with van der Waals surface area (Å²) < 4.78 is 1.64. The highest BCUT2D eigenvalue weighted by Gasteiger charge is 2.13. The summed E-state index contributed by atoms with van der Waals surface area (Å²) in [5, 5.41) is 15.6. The Kier molecular flexibility index (Phi) is 6.21. The van der Waals surface area contributed by atoms with Crippen LogP contribution in [0.1, 0.15) is 26.2 Å². The molecule has 0 saturated heterocycles. The van der Waals surface area contributed by atoms with Crippen molar-refractivity contribution in [2.75, 3.05) is 25.0 Å². The number of nitrogens with one attached hydrogen (secondary N) is 1. The SMILES string of the molecule is CCCCN(CCCO)C(=O)Nc1cnn(C)c1. The Morgan fingerprint density at radius 2 is 2.22 bits per heavy atom. The lowest BCUT2D eigenvalue weighted by molar-refractivity contribution is 0.201. The topological polar surface area (TPSA) is 70.4 Å². The van der Waals surface area contributed by atoms with Crippen molar-refractivity contribution in [3.05, 3.63) is 12.4 Å². The molecule has 0 radical (unpaired) electrons. The first kappa shape index (κ1) is 14.5. The van der Waals surface area contributed by atoms with Gasteiger partial charge in [-0.15, -0.1) is 0 Å². The third-order valence-corrected chi connectivity index (χ3v) is 2.61. The van der Waals surface area contributed by atoms with E-state index in [1.807, 2.05) is 0 Å². The molecule has 0 saturated carbocycles. The van der Waals surface area contributed by atoms with E-state index >= 15 is 0 Å². The van der Waals surface area contributed by atoms with Gasteiger partial charge in [0, 0.05) is 32.9 Å². The maximum Gasteiger partial charge on any atom is 0.321 e. The van der Waals surface area contributed by atoms with E-state index in [9.17, 15) is 4.79 Å². The molecular weight excluding hydrogens is 232 g/mol. The van der Waals surface area contributed by atoms with E-state index in [1.54, 1.807) is 29.0 Å². The molecular formula is C12H22N4O2. The number of aliphatic hydroxyl groups is 1. The maximum absolute atomic E-state index is 12.0. The average molecular weight is 254 g/mol. The summed E-state index contributed by atoms with van der Waals surface area (Å²) in [6.45, 7) is 3.47. The number of hydrogen-bond acceptors (Lipinski definition) is 3. The van der Waals surface area contributed by atoms with Crippen LogP contribution < -0.4 is 5.32 Å².